The number of para-hydroxylation sites is 1. The number of ether oxygens (including phenoxy) is 1. The Morgan fingerprint density at radius 2 is 1.86 bits per heavy atom. The highest BCUT2D eigenvalue weighted by Crippen LogP contribution is 2.16. The molecular formula is C16H24N4O. The zero-order valence-electron chi connectivity index (χ0n) is 12.9. The lowest BCUT2D eigenvalue weighted by molar-refractivity contribution is 0.128. The van der Waals surface area contributed by atoms with Crippen LogP contribution in [-0.2, 0) is 4.74 Å². The summed E-state index contributed by atoms with van der Waals surface area (Å²) >= 11 is 0. The van der Waals surface area contributed by atoms with Crippen LogP contribution in [-0.4, -0.2) is 75.3 Å². The van der Waals surface area contributed by atoms with Crippen LogP contribution in [0.25, 0.3) is 0 Å². The van der Waals surface area contributed by atoms with Gasteiger partial charge in [0.05, 0.1) is 6.54 Å². The zero-order chi connectivity index (χ0) is 14.7. The highest BCUT2D eigenvalue weighted by atomic mass is 16.5. The van der Waals surface area contributed by atoms with Crippen molar-refractivity contribution < 1.29 is 4.74 Å². The predicted octanol–water partition coefficient (Wildman–Crippen LogP) is 1.12. The number of piperazine rings is 1. The third-order valence-electron chi connectivity index (χ3n) is 4.04. The number of aliphatic imine (C=N–C) groups is 1. The summed E-state index contributed by atoms with van der Waals surface area (Å²) in [6.45, 7) is 6.10. The Kier molecular flexibility index (Phi) is 4.29. The third-order valence-corrected chi connectivity index (χ3v) is 4.04. The number of amidine groups is 1. The van der Waals surface area contributed by atoms with Crippen LogP contribution in [0.15, 0.2) is 35.3 Å². The first-order chi connectivity index (χ1) is 10.2. The van der Waals surface area contributed by atoms with Gasteiger partial charge in [0, 0.05) is 52.5 Å². The molecule has 114 valence electrons. The number of anilines is 1. The van der Waals surface area contributed by atoms with Crippen molar-refractivity contribution >= 4 is 11.7 Å². The Hall–Kier alpha value is -1.75. The molecule has 2 aliphatic heterocycles. The van der Waals surface area contributed by atoms with Gasteiger partial charge in [-0.15, -0.1) is 0 Å². The lowest BCUT2D eigenvalue weighted by Crippen LogP contribution is -2.49. The number of nitrogens with zero attached hydrogens (tertiary/aromatic N) is 4. The smallest absolute Gasteiger partial charge is 0.287 e. The van der Waals surface area contributed by atoms with E-state index in [1.54, 1.807) is 0 Å². The molecule has 5 heteroatoms. The first-order valence-electron chi connectivity index (χ1n) is 7.63. The fourth-order valence-corrected chi connectivity index (χ4v) is 2.86. The molecule has 0 bridgehead atoms. The molecule has 0 N–H and O–H groups in total. The van der Waals surface area contributed by atoms with E-state index < -0.39 is 0 Å². The summed E-state index contributed by atoms with van der Waals surface area (Å²) < 4.78 is 5.86. The fraction of sp³-hybridized carbons (Fsp3) is 0.562. The van der Waals surface area contributed by atoms with Crippen LogP contribution in [0.5, 0.6) is 0 Å². The first kappa shape index (κ1) is 14.2. The molecule has 0 aromatic heterocycles. The average molecular weight is 288 g/mol. The summed E-state index contributed by atoms with van der Waals surface area (Å²) in [7, 11) is 3.94. The molecule has 3 rings (SSSR count). The Bertz CT molecular complexity index is 480. The highest BCUT2D eigenvalue weighted by molar-refractivity contribution is 5.74. The maximum Gasteiger partial charge on any atom is 0.287 e. The van der Waals surface area contributed by atoms with E-state index in [-0.39, 0.29) is 6.10 Å². The van der Waals surface area contributed by atoms with Gasteiger partial charge in [-0.2, -0.15) is 0 Å². The van der Waals surface area contributed by atoms with Crippen molar-refractivity contribution in [3.8, 4) is 0 Å². The number of benzene rings is 1. The van der Waals surface area contributed by atoms with Crippen molar-refractivity contribution in [2.45, 2.75) is 6.10 Å². The van der Waals surface area contributed by atoms with Gasteiger partial charge in [0.2, 0.25) is 0 Å². The van der Waals surface area contributed by atoms with Crippen molar-refractivity contribution in [1.82, 2.24) is 9.80 Å². The monoisotopic (exact) mass is 288 g/mol. The van der Waals surface area contributed by atoms with Gasteiger partial charge < -0.3 is 14.5 Å². The SMILES string of the molecule is CN(C)C1=NCC(CN2CCN(c3ccccc3)CC2)O1. The van der Waals surface area contributed by atoms with Gasteiger partial charge in [-0.25, -0.2) is 4.99 Å². The van der Waals surface area contributed by atoms with E-state index >= 15 is 0 Å². The Labute approximate surface area is 126 Å². The van der Waals surface area contributed by atoms with E-state index in [0.717, 1.165) is 45.3 Å². The average Bonchev–Trinajstić information content (AvgIpc) is 2.98. The minimum Gasteiger partial charge on any atom is -0.459 e. The molecule has 2 aliphatic rings. The Morgan fingerprint density at radius 3 is 2.48 bits per heavy atom. The van der Waals surface area contributed by atoms with Crippen LogP contribution in [0.4, 0.5) is 5.69 Å². The number of hydrogen-bond donors (Lipinski definition) is 0. The van der Waals surface area contributed by atoms with Crippen molar-refractivity contribution in [2.75, 3.05) is 58.3 Å². The van der Waals surface area contributed by atoms with Crippen molar-refractivity contribution in [3.63, 3.8) is 0 Å². The molecule has 1 aromatic carbocycles. The number of hydrogen-bond acceptors (Lipinski definition) is 5. The molecule has 0 aliphatic carbocycles. The van der Waals surface area contributed by atoms with Crippen LogP contribution in [0.1, 0.15) is 0 Å². The first-order valence-corrected chi connectivity index (χ1v) is 7.63. The van der Waals surface area contributed by atoms with Crippen molar-refractivity contribution in [2.24, 2.45) is 4.99 Å². The van der Waals surface area contributed by atoms with Crippen LogP contribution in [0.2, 0.25) is 0 Å². The van der Waals surface area contributed by atoms with Crippen LogP contribution in [0, 0.1) is 0 Å². The molecule has 0 spiro atoms. The molecule has 1 saturated heterocycles. The quantitative estimate of drug-likeness (QED) is 0.834. The standard InChI is InChI=1S/C16H24N4O/c1-18(2)16-17-12-15(21-16)13-19-8-10-20(11-9-19)14-6-4-3-5-7-14/h3-7,15H,8-13H2,1-2H3. The summed E-state index contributed by atoms with van der Waals surface area (Å²) in [4.78, 5) is 11.3. The second kappa shape index (κ2) is 6.35. The largest absolute Gasteiger partial charge is 0.459 e. The van der Waals surface area contributed by atoms with Gasteiger partial charge in [0.1, 0.15) is 6.10 Å². The van der Waals surface area contributed by atoms with Gasteiger partial charge in [-0.1, -0.05) is 18.2 Å². The lowest BCUT2D eigenvalue weighted by Gasteiger charge is -2.36. The zero-order valence-corrected chi connectivity index (χ0v) is 12.9. The van der Waals surface area contributed by atoms with Crippen molar-refractivity contribution in [3.05, 3.63) is 30.3 Å². The van der Waals surface area contributed by atoms with E-state index in [0.29, 0.717) is 0 Å². The normalized spacial score (nSPS) is 22.9. The summed E-state index contributed by atoms with van der Waals surface area (Å²) in [6.07, 6.45) is 0.214. The molecule has 5 nitrogen and oxygen atoms in total. The summed E-state index contributed by atoms with van der Waals surface area (Å²) in [5.74, 6) is 0. The summed E-state index contributed by atoms with van der Waals surface area (Å²) in [6, 6.07) is 11.4. The molecule has 21 heavy (non-hydrogen) atoms. The molecule has 1 aromatic rings. The van der Waals surface area contributed by atoms with Crippen LogP contribution in [0.3, 0.4) is 0 Å². The number of rotatable bonds is 3. The highest BCUT2D eigenvalue weighted by Gasteiger charge is 2.25. The predicted molar refractivity (Wildman–Crippen MR) is 86.0 cm³/mol. The maximum atomic E-state index is 5.86. The second-order valence-electron chi connectivity index (χ2n) is 5.88. The van der Waals surface area contributed by atoms with Crippen molar-refractivity contribution in [1.29, 1.82) is 0 Å². The Morgan fingerprint density at radius 1 is 1.14 bits per heavy atom. The summed E-state index contributed by atoms with van der Waals surface area (Å²) in [5, 5.41) is 0. The second-order valence-corrected chi connectivity index (χ2v) is 5.88. The van der Waals surface area contributed by atoms with E-state index in [9.17, 15) is 0 Å². The van der Waals surface area contributed by atoms with E-state index in [4.69, 9.17) is 4.74 Å². The molecule has 0 amide bonds. The van der Waals surface area contributed by atoms with Gasteiger partial charge in [0.15, 0.2) is 0 Å². The minimum absolute atomic E-state index is 0.214. The van der Waals surface area contributed by atoms with E-state index in [1.807, 2.05) is 19.0 Å². The van der Waals surface area contributed by atoms with Crippen LogP contribution >= 0.6 is 0 Å². The Balaban J connectivity index is 1.45. The van der Waals surface area contributed by atoms with E-state index in [2.05, 4.69) is 45.1 Å². The molecule has 1 atom stereocenters. The molecule has 0 radical (unpaired) electrons. The van der Waals surface area contributed by atoms with Gasteiger partial charge in [-0.3, -0.25) is 4.90 Å². The van der Waals surface area contributed by atoms with Gasteiger partial charge in [-0.05, 0) is 12.1 Å². The topological polar surface area (TPSA) is 31.3 Å². The summed E-state index contributed by atoms with van der Waals surface area (Å²) in [5.41, 5.74) is 1.33. The third kappa shape index (κ3) is 3.47. The molecule has 1 fully saturated rings. The van der Waals surface area contributed by atoms with Gasteiger partial charge in [0.25, 0.3) is 6.02 Å². The van der Waals surface area contributed by atoms with Crippen LogP contribution < -0.4 is 4.90 Å². The lowest BCUT2D eigenvalue weighted by atomic mass is 10.2. The molecule has 0 saturated carbocycles. The van der Waals surface area contributed by atoms with E-state index in [1.165, 1.54) is 5.69 Å². The molecule has 1 unspecified atom stereocenters. The maximum absolute atomic E-state index is 5.86. The molecular weight excluding hydrogens is 264 g/mol. The fourth-order valence-electron chi connectivity index (χ4n) is 2.86. The minimum atomic E-state index is 0.214. The molecule has 2 heterocycles. The van der Waals surface area contributed by atoms with Gasteiger partial charge >= 0.3 is 0 Å².